The van der Waals surface area contributed by atoms with Gasteiger partial charge in [0.25, 0.3) is 5.91 Å². The zero-order chi connectivity index (χ0) is 29.7. The number of para-hydroxylation sites is 1. The van der Waals surface area contributed by atoms with Crippen LogP contribution in [0.2, 0.25) is 0 Å². The van der Waals surface area contributed by atoms with E-state index in [0.29, 0.717) is 25.1 Å². The minimum absolute atomic E-state index is 0.0224. The molecule has 0 bridgehead atoms. The lowest BCUT2D eigenvalue weighted by molar-refractivity contribution is -0.131. The first kappa shape index (κ1) is 29.6. The third kappa shape index (κ3) is 7.24. The minimum atomic E-state index is -1.59. The third-order valence-corrected chi connectivity index (χ3v) is 6.85. The second-order valence-electron chi connectivity index (χ2n) is 10.4. The second kappa shape index (κ2) is 12.9. The Morgan fingerprint density at radius 3 is 2.44 bits per heavy atom. The van der Waals surface area contributed by atoms with Crippen molar-refractivity contribution in [1.82, 2.24) is 20.9 Å². The number of halogens is 3. The van der Waals surface area contributed by atoms with E-state index < -0.39 is 65.4 Å². The van der Waals surface area contributed by atoms with Gasteiger partial charge < -0.3 is 25.7 Å². The largest absolute Gasteiger partial charge is 0.480 e. The first-order chi connectivity index (χ1) is 19.5. The highest BCUT2D eigenvalue weighted by atomic mass is 19.2. The molecule has 1 aromatic heterocycles. The Labute approximate surface area is 234 Å². The molecule has 3 atom stereocenters. The van der Waals surface area contributed by atoms with Gasteiger partial charge in [-0.3, -0.25) is 19.2 Å². The van der Waals surface area contributed by atoms with Gasteiger partial charge in [0.2, 0.25) is 17.6 Å². The summed E-state index contributed by atoms with van der Waals surface area (Å²) >= 11 is 0. The van der Waals surface area contributed by atoms with Crippen LogP contribution in [-0.4, -0.2) is 53.7 Å². The van der Waals surface area contributed by atoms with Gasteiger partial charge in [-0.1, -0.05) is 32.0 Å². The average Bonchev–Trinajstić information content (AvgIpc) is 3.55. The maximum absolute atomic E-state index is 14.0. The summed E-state index contributed by atoms with van der Waals surface area (Å²) in [5.41, 5.74) is 0.990. The van der Waals surface area contributed by atoms with Gasteiger partial charge in [-0.05, 0) is 49.4 Å². The molecule has 3 aromatic rings. The van der Waals surface area contributed by atoms with Crippen molar-refractivity contribution in [2.45, 2.75) is 45.2 Å². The van der Waals surface area contributed by atoms with Gasteiger partial charge in [-0.2, -0.15) is 4.39 Å². The molecule has 218 valence electrons. The number of carbonyl (C=O) groups is 4. The van der Waals surface area contributed by atoms with E-state index in [4.69, 9.17) is 4.74 Å². The molecule has 2 heterocycles. The topological polar surface area (TPSA) is 129 Å². The summed E-state index contributed by atoms with van der Waals surface area (Å²) in [7, 11) is 0. The quantitative estimate of drug-likeness (QED) is 0.247. The van der Waals surface area contributed by atoms with E-state index in [1.807, 2.05) is 38.1 Å². The molecular weight excluding hydrogens is 541 g/mol. The van der Waals surface area contributed by atoms with Gasteiger partial charge in [0, 0.05) is 23.4 Å². The van der Waals surface area contributed by atoms with E-state index in [2.05, 4.69) is 20.9 Å². The number of aromatic amines is 1. The van der Waals surface area contributed by atoms with Crippen molar-refractivity contribution in [3.63, 3.8) is 0 Å². The van der Waals surface area contributed by atoms with Crippen molar-refractivity contribution in [2.24, 2.45) is 11.8 Å². The van der Waals surface area contributed by atoms with Crippen LogP contribution in [0.15, 0.2) is 42.5 Å². The predicted octanol–water partition coefficient (Wildman–Crippen LogP) is 3.39. The molecular formula is C29H31F3N4O5. The molecule has 12 heteroatoms. The Hall–Kier alpha value is -4.35. The van der Waals surface area contributed by atoms with E-state index in [1.165, 1.54) is 0 Å². The molecule has 0 radical (unpaired) electrons. The second-order valence-corrected chi connectivity index (χ2v) is 10.4. The van der Waals surface area contributed by atoms with E-state index in [9.17, 15) is 32.3 Å². The van der Waals surface area contributed by atoms with Crippen LogP contribution in [0.25, 0.3) is 10.9 Å². The number of ketones is 1. The van der Waals surface area contributed by atoms with Crippen LogP contribution < -0.4 is 20.7 Å². The Morgan fingerprint density at radius 1 is 1.02 bits per heavy atom. The Balaban J connectivity index is 1.50. The molecule has 0 saturated carbocycles. The molecule has 9 nitrogen and oxygen atoms in total. The highest BCUT2D eigenvalue weighted by Crippen LogP contribution is 2.24. The molecule has 3 unspecified atom stereocenters. The summed E-state index contributed by atoms with van der Waals surface area (Å²) in [6.07, 6.45) is 0.552. The molecule has 1 fully saturated rings. The fraction of sp³-hybridized carbons (Fsp3) is 0.379. The number of ether oxygens (including phenoxy) is 1. The first-order valence-corrected chi connectivity index (χ1v) is 13.3. The molecule has 41 heavy (non-hydrogen) atoms. The number of hydrogen-bond donors (Lipinski definition) is 4. The van der Waals surface area contributed by atoms with Crippen molar-refractivity contribution in [2.75, 3.05) is 13.2 Å². The number of amides is 3. The van der Waals surface area contributed by atoms with Gasteiger partial charge in [-0.15, -0.1) is 0 Å². The van der Waals surface area contributed by atoms with Crippen LogP contribution in [0.3, 0.4) is 0 Å². The SMILES string of the molecule is CC(C)CC(NC(=O)c1cc2ccccc2[nH]1)C(=O)NC(CC1CCNC1=O)C(=O)COc1c(F)ccc(F)c1F. The molecule has 3 amide bonds. The van der Waals surface area contributed by atoms with Crippen LogP contribution in [-0.2, 0) is 14.4 Å². The number of benzene rings is 2. The maximum Gasteiger partial charge on any atom is 0.268 e. The molecule has 0 spiro atoms. The van der Waals surface area contributed by atoms with Crippen LogP contribution >= 0.6 is 0 Å². The lowest BCUT2D eigenvalue weighted by atomic mass is 9.95. The molecule has 2 aromatic carbocycles. The summed E-state index contributed by atoms with van der Waals surface area (Å²) in [6, 6.07) is 7.86. The van der Waals surface area contributed by atoms with Crippen LogP contribution in [0, 0.1) is 29.3 Å². The fourth-order valence-electron chi connectivity index (χ4n) is 4.72. The minimum Gasteiger partial charge on any atom is -0.480 e. The maximum atomic E-state index is 14.0. The predicted molar refractivity (Wildman–Crippen MR) is 143 cm³/mol. The number of aromatic nitrogens is 1. The molecule has 1 saturated heterocycles. The van der Waals surface area contributed by atoms with Gasteiger partial charge in [0.15, 0.2) is 23.2 Å². The molecule has 4 rings (SSSR count). The van der Waals surface area contributed by atoms with Crippen molar-refractivity contribution < 1.29 is 37.1 Å². The van der Waals surface area contributed by atoms with E-state index in [1.54, 1.807) is 6.07 Å². The average molecular weight is 573 g/mol. The lowest BCUT2D eigenvalue weighted by Gasteiger charge is -2.25. The number of fused-ring (bicyclic) bond motifs is 1. The van der Waals surface area contributed by atoms with Crippen molar-refractivity contribution in [3.8, 4) is 5.75 Å². The number of Topliss-reactive ketones (excluding diaryl/α,β-unsaturated/α-hetero) is 1. The summed E-state index contributed by atoms with van der Waals surface area (Å²) in [5, 5.41) is 8.77. The summed E-state index contributed by atoms with van der Waals surface area (Å²) < 4.78 is 46.6. The smallest absolute Gasteiger partial charge is 0.268 e. The standard InChI is InChI=1S/C29H31F3N4O5/c1-15(2)11-22(36-29(40)23-12-16-5-3-4-6-20(16)34-23)28(39)35-21(13-17-9-10-33-27(17)38)24(37)14-41-26-19(31)8-7-18(30)25(26)32/h3-8,12,15,17,21-22,34H,9-11,13-14H2,1-2H3,(H,33,38)(H,35,39)(H,36,40). The van der Waals surface area contributed by atoms with Gasteiger partial charge in [0.05, 0.1) is 6.04 Å². The van der Waals surface area contributed by atoms with Crippen molar-refractivity contribution >= 4 is 34.4 Å². The zero-order valence-electron chi connectivity index (χ0n) is 22.6. The normalized spacial score (nSPS) is 16.3. The van der Waals surface area contributed by atoms with E-state index >= 15 is 0 Å². The summed E-state index contributed by atoms with van der Waals surface area (Å²) in [4.78, 5) is 54.8. The molecule has 1 aliphatic heterocycles. The highest BCUT2D eigenvalue weighted by molar-refractivity contribution is 6.01. The zero-order valence-corrected chi connectivity index (χ0v) is 22.6. The first-order valence-electron chi connectivity index (χ1n) is 13.3. The summed E-state index contributed by atoms with van der Waals surface area (Å²) in [5.74, 6) is -8.13. The number of carbonyl (C=O) groups excluding carboxylic acids is 4. The van der Waals surface area contributed by atoms with Crippen molar-refractivity contribution in [1.29, 1.82) is 0 Å². The Bertz CT molecular complexity index is 1420. The van der Waals surface area contributed by atoms with Gasteiger partial charge >= 0.3 is 0 Å². The molecule has 1 aliphatic rings. The summed E-state index contributed by atoms with van der Waals surface area (Å²) in [6.45, 7) is 3.21. The van der Waals surface area contributed by atoms with E-state index in [0.717, 1.165) is 10.9 Å². The van der Waals surface area contributed by atoms with Crippen LogP contribution in [0.4, 0.5) is 13.2 Å². The monoisotopic (exact) mass is 572 g/mol. The highest BCUT2D eigenvalue weighted by Gasteiger charge is 2.34. The van der Waals surface area contributed by atoms with E-state index in [-0.39, 0.29) is 30.4 Å². The van der Waals surface area contributed by atoms with Crippen LogP contribution in [0.5, 0.6) is 5.75 Å². The lowest BCUT2D eigenvalue weighted by Crippen LogP contribution is -2.53. The van der Waals surface area contributed by atoms with Gasteiger partial charge in [0.1, 0.15) is 18.3 Å². The van der Waals surface area contributed by atoms with Gasteiger partial charge in [-0.25, -0.2) is 8.78 Å². The molecule has 0 aliphatic carbocycles. The fourth-order valence-corrected chi connectivity index (χ4v) is 4.72. The van der Waals surface area contributed by atoms with Crippen LogP contribution in [0.1, 0.15) is 43.6 Å². The third-order valence-electron chi connectivity index (χ3n) is 6.85. The number of hydrogen-bond acceptors (Lipinski definition) is 5. The number of rotatable bonds is 12. The Kier molecular flexibility index (Phi) is 9.31. The number of nitrogens with one attached hydrogen (secondary N) is 4. The number of H-pyrrole nitrogens is 1. The molecule has 4 N–H and O–H groups in total. The Morgan fingerprint density at radius 2 is 1.76 bits per heavy atom. The van der Waals surface area contributed by atoms with Crippen molar-refractivity contribution in [3.05, 3.63) is 65.6 Å².